The average Bonchev–Trinajstić information content (AvgIpc) is 2.69. The lowest BCUT2D eigenvalue weighted by Crippen LogP contribution is -2.54. The van der Waals surface area contributed by atoms with Crippen LogP contribution in [0.25, 0.3) is 0 Å². The number of nitrogens with one attached hydrogen (secondary N) is 1. The van der Waals surface area contributed by atoms with Gasteiger partial charge >= 0.3 is 6.03 Å². The maximum atomic E-state index is 12.3. The van der Waals surface area contributed by atoms with Crippen molar-refractivity contribution in [2.24, 2.45) is 0 Å². The Labute approximate surface area is 161 Å². The fourth-order valence-corrected chi connectivity index (χ4v) is 4.03. The molecule has 1 aromatic carbocycles. The number of piperazine rings is 1. The van der Waals surface area contributed by atoms with Crippen molar-refractivity contribution in [1.29, 1.82) is 0 Å². The van der Waals surface area contributed by atoms with Gasteiger partial charge in [0.15, 0.2) is 0 Å². The van der Waals surface area contributed by atoms with Gasteiger partial charge in [0.2, 0.25) is 15.9 Å². The average molecular weight is 397 g/mol. The summed E-state index contributed by atoms with van der Waals surface area (Å²) in [6.07, 6.45) is 0.0933. The molecule has 2 rings (SSSR count). The second-order valence-corrected chi connectivity index (χ2v) is 8.05. The Bertz CT molecular complexity index is 727. The van der Waals surface area contributed by atoms with Crippen molar-refractivity contribution in [2.45, 2.75) is 25.2 Å². The Morgan fingerprint density at radius 3 is 2.11 bits per heavy atom. The third-order valence-electron chi connectivity index (χ3n) is 4.62. The fraction of sp³-hybridized carbons (Fsp3) is 0.556. The zero-order valence-corrected chi connectivity index (χ0v) is 16.7. The van der Waals surface area contributed by atoms with Gasteiger partial charge in [-0.05, 0) is 26.0 Å². The minimum Gasteiger partial charge on any atom is -0.339 e. The van der Waals surface area contributed by atoms with E-state index in [4.69, 9.17) is 0 Å². The van der Waals surface area contributed by atoms with E-state index in [2.05, 4.69) is 4.72 Å². The van der Waals surface area contributed by atoms with Crippen LogP contribution in [0.2, 0.25) is 0 Å². The van der Waals surface area contributed by atoms with Crippen LogP contribution in [-0.2, 0) is 14.8 Å². The topological polar surface area (TPSA) is 90.0 Å². The van der Waals surface area contributed by atoms with Gasteiger partial charge in [-0.3, -0.25) is 4.79 Å². The van der Waals surface area contributed by atoms with E-state index in [9.17, 15) is 18.0 Å². The number of benzene rings is 1. The largest absolute Gasteiger partial charge is 0.339 e. The minimum absolute atomic E-state index is 0.00252. The minimum atomic E-state index is -3.60. The number of carbonyl (C=O) groups excluding carboxylic acids is 2. The predicted octanol–water partition coefficient (Wildman–Crippen LogP) is 0.961. The van der Waals surface area contributed by atoms with Gasteiger partial charge in [-0.2, -0.15) is 0 Å². The van der Waals surface area contributed by atoms with Crippen molar-refractivity contribution in [2.75, 3.05) is 45.8 Å². The van der Waals surface area contributed by atoms with Gasteiger partial charge in [0.1, 0.15) is 0 Å². The lowest BCUT2D eigenvalue weighted by molar-refractivity contribution is -0.132. The Kier molecular flexibility index (Phi) is 7.61. The van der Waals surface area contributed by atoms with E-state index >= 15 is 0 Å². The van der Waals surface area contributed by atoms with Gasteiger partial charge in [-0.1, -0.05) is 18.2 Å². The summed E-state index contributed by atoms with van der Waals surface area (Å²) in [5, 5.41) is 0. The molecule has 150 valence electrons. The predicted molar refractivity (Wildman–Crippen MR) is 103 cm³/mol. The van der Waals surface area contributed by atoms with E-state index in [1.807, 2.05) is 13.8 Å². The molecule has 0 aliphatic carbocycles. The van der Waals surface area contributed by atoms with Crippen LogP contribution < -0.4 is 4.72 Å². The molecule has 27 heavy (non-hydrogen) atoms. The van der Waals surface area contributed by atoms with E-state index in [0.717, 1.165) is 0 Å². The Morgan fingerprint density at radius 1 is 1.00 bits per heavy atom. The summed E-state index contributed by atoms with van der Waals surface area (Å²) in [4.78, 5) is 30.0. The molecule has 1 saturated heterocycles. The molecule has 1 aromatic rings. The SMILES string of the molecule is CCN(CC)C(=O)N1CCN(C(=O)CCNS(=O)(=O)c2ccccc2)CC1. The first kappa shape index (κ1) is 21.2. The molecule has 8 nitrogen and oxygen atoms in total. The van der Waals surface area contributed by atoms with Crippen LogP contribution >= 0.6 is 0 Å². The van der Waals surface area contributed by atoms with Crippen LogP contribution in [0.15, 0.2) is 35.2 Å². The van der Waals surface area contributed by atoms with E-state index in [-0.39, 0.29) is 29.8 Å². The highest BCUT2D eigenvalue weighted by Crippen LogP contribution is 2.09. The van der Waals surface area contributed by atoms with Gasteiger partial charge in [-0.25, -0.2) is 17.9 Å². The number of hydrogen-bond acceptors (Lipinski definition) is 4. The number of nitrogens with zero attached hydrogens (tertiary/aromatic N) is 3. The summed E-state index contributed by atoms with van der Waals surface area (Å²) >= 11 is 0. The van der Waals surface area contributed by atoms with Gasteiger partial charge in [0, 0.05) is 52.2 Å². The molecule has 1 fully saturated rings. The smallest absolute Gasteiger partial charge is 0.320 e. The highest BCUT2D eigenvalue weighted by molar-refractivity contribution is 7.89. The van der Waals surface area contributed by atoms with Crippen molar-refractivity contribution in [1.82, 2.24) is 19.4 Å². The van der Waals surface area contributed by atoms with Crippen LogP contribution in [0.4, 0.5) is 4.79 Å². The van der Waals surface area contributed by atoms with E-state index < -0.39 is 10.0 Å². The lowest BCUT2D eigenvalue weighted by Gasteiger charge is -2.37. The maximum Gasteiger partial charge on any atom is 0.320 e. The summed E-state index contributed by atoms with van der Waals surface area (Å²) in [6.45, 7) is 7.19. The Hall–Kier alpha value is -2.13. The monoisotopic (exact) mass is 396 g/mol. The number of hydrogen-bond donors (Lipinski definition) is 1. The highest BCUT2D eigenvalue weighted by Gasteiger charge is 2.26. The molecule has 1 heterocycles. The van der Waals surface area contributed by atoms with Crippen LogP contribution in [0, 0.1) is 0 Å². The van der Waals surface area contributed by atoms with Gasteiger partial charge in [0.05, 0.1) is 4.90 Å². The molecule has 3 amide bonds. The molecule has 0 saturated carbocycles. The van der Waals surface area contributed by atoms with Crippen LogP contribution in [0.1, 0.15) is 20.3 Å². The first-order valence-electron chi connectivity index (χ1n) is 9.25. The third-order valence-corrected chi connectivity index (χ3v) is 6.10. The normalized spacial score (nSPS) is 14.9. The molecule has 0 spiro atoms. The van der Waals surface area contributed by atoms with E-state index in [1.54, 1.807) is 32.9 Å². The molecule has 0 bridgehead atoms. The van der Waals surface area contributed by atoms with Gasteiger partial charge in [-0.15, -0.1) is 0 Å². The summed E-state index contributed by atoms with van der Waals surface area (Å²) in [7, 11) is -3.60. The van der Waals surface area contributed by atoms with Crippen molar-refractivity contribution in [3.63, 3.8) is 0 Å². The van der Waals surface area contributed by atoms with Crippen LogP contribution in [0.3, 0.4) is 0 Å². The summed E-state index contributed by atoms with van der Waals surface area (Å²) in [5.41, 5.74) is 0. The standard InChI is InChI=1S/C18H28N4O4S/c1-3-20(4-2)18(24)22-14-12-21(13-15-22)17(23)10-11-19-27(25,26)16-8-6-5-7-9-16/h5-9,19H,3-4,10-15H2,1-2H3. The molecule has 0 unspecified atom stereocenters. The van der Waals surface area contributed by atoms with Gasteiger partial charge < -0.3 is 14.7 Å². The summed E-state index contributed by atoms with van der Waals surface area (Å²) in [5.74, 6) is -0.110. The molecule has 1 N–H and O–H groups in total. The second-order valence-electron chi connectivity index (χ2n) is 6.28. The number of urea groups is 1. The zero-order chi connectivity index (χ0) is 19.9. The zero-order valence-electron chi connectivity index (χ0n) is 15.9. The van der Waals surface area contributed by atoms with Crippen molar-refractivity contribution >= 4 is 22.0 Å². The van der Waals surface area contributed by atoms with Crippen LogP contribution in [-0.4, -0.2) is 80.9 Å². The van der Waals surface area contributed by atoms with E-state index in [1.165, 1.54) is 12.1 Å². The Morgan fingerprint density at radius 2 is 1.56 bits per heavy atom. The van der Waals surface area contributed by atoms with Crippen molar-refractivity contribution in [3.8, 4) is 0 Å². The molecule has 9 heteroatoms. The molecular weight excluding hydrogens is 368 g/mol. The van der Waals surface area contributed by atoms with Crippen molar-refractivity contribution < 1.29 is 18.0 Å². The maximum absolute atomic E-state index is 12.3. The third kappa shape index (κ3) is 5.67. The first-order chi connectivity index (χ1) is 12.9. The molecule has 1 aliphatic heterocycles. The van der Waals surface area contributed by atoms with Crippen molar-refractivity contribution in [3.05, 3.63) is 30.3 Å². The number of sulfonamides is 1. The second kappa shape index (κ2) is 9.70. The number of carbonyl (C=O) groups is 2. The van der Waals surface area contributed by atoms with Gasteiger partial charge in [0.25, 0.3) is 0 Å². The van der Waals surface area contributed by atoms with E-state index in [0.29, 0.717) is 39.3 Å². The molecule has 1 aliphatic rings. The molecule has 0 aromatic heterocycles. The van der Waals surface area contributed by atoms with Crippen LogP contribution in [0.5, 0.6) is 0 Å². The molecular formula is C18H28N4O4S. The molecule has 0 radical (unpaired) electrons. The highest BCUT2D eigenvalue weighted by atomic mass is 32.2. The summed E-state index contributed by atoms with van der Waals surface area (Å²) < 4.78 is 26.7. The number of rotatable bonds is 7. The Balaban J connectivity index is 1.77. The quantitative estimate of drug-likeness (QED) is 0.743. The first-order valence-corrected chi connectivity index (χ1v) is 10.7. The fourth-order valence-electron chi connectivity index (χ4n) is 2.97. The summed E-state index contributed by atoms with van der Waals surface area (Å²) in [6, 6.07) is 8.07. The number of amides is 3. The molecule has 0 atom stereocenters. The lowest BCUT2D eigenvalue weighted by atomic mass is 10.3.